The minimum absolute atomic E-state index is 0.299. The predicted octanol–water partition coefficient (Wildman–Crippen LogP) is 1.23. The molecule has 1 aliphatic heterocycles. The minimum atomic E-state index is -4.51. The van der Waals surface area contributed by atoms with Gasteiger partial charge in [0.25, 0.3) is 0 Å². The third-order valence-corrected chi connectivity index (χ3v) is 3.10. The van der Waals surface area contributed by atoms with Crippen molar-refractivity contribution in [1.29, 1.82) is 0 Å². The van der Waals surface area contributed by atoms with Gasteiger partial charge in [0.1, 0.15) is 0 Å². The molecule has 0 aromatic rings. The standard InChI is InChI=1S/C11H21F3N2O/c1-2-15-6-9-4-3-5-16(7-9)8-10(17)11(12,13)14/h9-10,15,17H,2-8H2,1H3. The number of nitrogens with zero attached hydrogens (tertiary/aromatic N) is 1. The van der Waals surface area contributed by atoms with Crippen LogP contribution in [0.15, 0.2) is 0 Å². The quantitative estimate of drug-likeness (QED) is 0.774. The zero-order chi connectivity index (χ0) is 12.9. The molecule has 2 N–H and O–H groups in total. The van der Waals surface area contributed by atoms with Gasteiger partial charge in [0.15, 0.2) is 6.10 Å². The van der Waals surface area contributed by atoms with Crippen LogP contribution in [0.2, 0.25) is 0 Å². The summed E-state index contributed by atoms with van der Waals surface area (Å²) in [6, 6.07) is 0. The van der Waals surface area contributed by atoms with Crippen molar-refractivity contribution in [2.24, 2.45) is 5.92 Å². The summed E-state index contributed by atoms with van der Waals surface area (Å²) in [6.07, 6.45) is -4.78. The number of likely N-dealkylation sites (tertiary alicyclic amines) is 1. The Labute approximate surface area is 100.0 Å². The second-order valence-electron chi connectivity index (χ2n) is 4.63. The fraction of sp³-hybridized carbons (Fsp3) is 1.00. The molecule has 0 radical (unpaired) electrons. The van der Waals surface area contributed by atoms with Gasteiger partial charge in [0, 0.05) is 13.1 Å². The number of aliphatic hydroxyl groups is 1. The van der Waals surface area contributed by atoms with Crippen molar-refractivity contribution in [2.45, 2.75) is 32.0 Å². The third kappa shape index (κ3) is 5.23. The Balaban J connectivity index is 2.34. The van der Waals surface area contributed by atoms with E-state index in [1.54, 1.807) is 4.90 Å². The normalized spacial score (nSPS) is 24.9. The van der Waals surface area contributed by atoms with Crippen molar-refractivity contribution >= 4 is 0 Å². The van der Waals surface area contributed by atoms with E-state index in [1.807, 2.05) is 6.92 Å². The van der Waals surface area contributed by atoms with Gasteiger partial charge in [-0.3, -0.25) is 0 Å². The van der Waals surface area contributed by atoms with Crippen LogP contribution in [0, 0.1) is 5.92 Å². The number of hydrogen-bond acceptors (Lipinski definition) is 3. The van der Waals surface area contributed by atoms with E-state index in [9.17, 15) is 13.2 Å². The molecule has 0 amide bonds. The molecule has 1 fully saturated rings. The number of nitrogens with one attached hydrogen (secondary N) is 1. The summed E-state index contributed by atoms with van der Waals surface area (Å²) >= 11 is 0. The smallest absolute Gasteiger partial charge is 0.382 e. The molecule has 1 rings (SSSR count). The third-order valence-electron chi connectivity index (χ3n) is 3.10. The molecule has 1 aliphatic rings. The summed E-state index contributed by atoms with van der Waals surface area (Å²) < 4.78 is 36.6. The van der Waals surface area contributed by atoms with Crippen molar-refractivity contribution in [3.05, 3.63) is 0 Å². The molecule has 0 bridgehead atoms. The van der Waals surface area contributed by atoms with Crippen molar-refractivity contribution in [2.75, 3.05) is 32.7 Å². The molecule has 0 saturated carbocycles. The second-order valence-corrected chi connectivity index (χ2v) is 4.63. The Morgan fingerprint density at radius 1 is 1.47 bits per heavy atom. The van der Waals surface area contributed by atoms with Gasteiger partial charge in [0.2, 0.25) is 0 Å². The first-order valence-electron chi connectivity index (χ1n) is 6.11. The van der Waals surface area contributed by atoms with Crippen molar-refractivity contribution in [1.82, 2.24) is 10.2 Å². The summed E-state index contributed by atoms with van der Waals surface area (Å²) in [5, 5.41) is 12.2. The van der Waals surface area contributed by atoms with Crippen LogP contribution < -0.4 is 5.32 Å². The SMILES string of the molecule is CCNCC1CCCN(CC(O)C(F)(F)F)C1. The molecule has 0 aromatic heterocycles. The lowest BCUT2D eigenvalue weighted by molar-refractivity contribution is -0.209. The Morgan fingerprint density at radius 2 is 2.18 bits per heavy atom. The Hall–Kier alpha value is -0.330. The molecular formula is C11H21F3N2O. The van der Waals surface area contributed by atoms with Crippen LogP contribution in [0.1, 0.15) is 19.8 Å². The maximum Gasteiger partial charge on any atom is 0.415 e. The molecule has 17 heavy (non-hydrogen) atoms. The van der Waals surface area contributed by atoms with E-state index in [2.05, 4.69) is 5.32 Å². The molecule has 0 aliphatic carbocycles. The lowest BCUT2D eigenvalue weighted by Gasteiger charge is -2.34. The highest BCUT2D eigenvalue weighted by molar-refractivity contribution is 4.78. The molecule has 0 aromatic carbocycles. The van der Waals surface area contributed by atoms with Crippen molar-refractivity contribution in [3.63, 3.8) is 0 Å². The van der Waals surface area contributed by atoms with Crippen molar-refractivity contribution in [3.8, 4) is 0 Å². The Kier molecular flexibility index (Phi) is 5.69. The van der Waals surface area contributed by atoms with Gasteiger partial charge in [0.05, 0.1) is 0 Å². The van der Waals surface area contributed by atoms with E-state index in [4.69, 9.17) is 5.11 Å². The van der Waals surface area contributed by atoms with E-state index >= 15 is 0 Å². The average molecular weight is 254 g/mol. The fourth-order valence-electron chi connectivity index (χ4n) is 2.18. The molecular weight excluding hydrogens is 233 g/mol. The topological polar surface area (TPSA) is 35.5 Å². The maximum atomic E-state index is 12.2. The molecule has 1 heterocycles. The summed E-state index contributed by atoms with van der Waals surface area (Å²) in [7, 11) is 0. The first-order chi connectivity index (χ1) is 7.93. The van der Waals surface area contributed by atoms with Gasteiger partial charge in [-0.1, -0.05) is 6.92 Å². The molecule has 6 heteroatoms. The average Bonchev–Trinajstić information content (AvgIpc) is 2.25. The van der Waals surface area contributed by atoms with Crippen LogP contribution in [0.3, 0.4) is 0 Å². The largest absolute Gasteiger partial charge is 0.415 e. The lowest BCUT2D eigenvalue weighted by atomic mass is 9.97. The lowest BCUT2D eigenvalue weighted by Crippen LogP contribution is -2.46. The van der Waals surface area contributed by atoms with Crippen LogP contribution >= 0.6 is 0 Å². The molecule has 1 saturated heterocycles. The van der Waals surface area contributed by atoms with Gasteiger partial charge in [-0.15, -0.1) is 0 Å². The van der Waals surface area contributed by atoms with E-state index in [0.29, 0.717) is 19.0 Å². The van der Waals surface area contributed by atoms with Gasteiger partial charge in [-0.2, -0.15) is 13.2 Å². The second kappa shape index (κ2) is 6.56. The number of rotatable bonds is 5. The molecule has 3 nitrogen and oxygen atoms in total. The zero-order valence-corrected chi connectivity index (χ0v) is 10.1. The van der Waals surface area contributed by atoms with Gasteiger partial charge in [-0.05, 0) is 38.4 Å². The number of piperidine rings is 1. The number of halogens is 3. The van der Waals surface area contributed by atoms with Crippen LogP contribution in [0.25, 0.3) is 0 Å². The van der Waals surface area contributed by atoms with E-state index in [-0.39, 0.29) is 6.54 Å². The van der Waals surface area contributed by atoms with Gasteiger partial charge in [-0.25, -0.2) is 0 Å². The van der Waals surface area contributed by atoms with Crippen LogP contribution in [0.4, 0.5) is 13.2 Å². The molecule has 102 valence electrons. The number of hydrogen-bond donors (Lipinski definition) is 2. The first kappa shape index (κ1) is 14.7. The predicted molar refractivity (Wildman–Crippen MR) is 59.8 cm³/mol. The van der Waals surface area contributed by atoms with E-state index in [1.165, 1.54) is 0 Å². The molecule has 2 atom stereocenters. The van der Waals surface area contributed by atoms with Crippen LogP contribution in [0.5, 0.6) is 0 Å². The highest BCUT2D eigenvalue weighted by Gasteiger charge is 2.39. The number of aliphatic hydroxyl groups excluding tert-OH is 1. The Morgan fingerprint density at radius 3 is 2.76 bits per heavy atom. The summed E-state index contributed by atoms with van der Waals surface area (Å²) in [5.74, 6) is 0.393. The highest BCUT2D eigenvalue weighted by Crippen LogP contribution is 2.23. The van der Waals surface area contributed by atoms with Crippen LogP contribution in [-0.2, 0) is 0 Å². The van der Waals surface area contributed by atoms with E-state index < -0.39 is 12.3 Å². The van der Waals surface area contributed by atoms with Crippen molar-refractivity contribution < 1.29 is 18.3 Å². The number of alkyl halides is 3. The monoisotopic (exact) mass is 254 g/mol. The Bertz CT molecular complexity index is 223. The number of β-amino-alcohol motifs (C(OH)–C–C–N with tert-alkyl or cyclic N) is 1. The van der Waals surface area contributed by atoms with Gasteiger partial charge >= 0.3 is 6.18 Å². The van der Waals surface area contributed by atoms with E-state index in [0.717, 1.165) is 25.9 Å². The van der Waals surface area contributed by atoms with Crippen LogP contribution in [-0.4, -0.2) is 55.0 Å². The minimum Gasteiger partial charge on any atom is -0.382 e. The molecule has 0 spiro atoms. The molecule has 2 unspecified atom stereocenters. The fourth-order valence-corrected chi connectivity index (χ4v) is 2.18. The zero-order valence-electron chi connectivity index (χ0n) is 10.1. The summed E-state index contributed by atoms with van der Waals surface area (Å²) in [6.45, 7) is 4.72. The summed E-state index contributed by atoms with van der Waals surface area (Å²) in [4.78, 5) is 1.71. The highest BCUT2D eigenvalue weighted by atomic mass is 19.4. The summed E-state index contributed by atoms with van der Waals surface area (Å²) in [5.41, 5.74) is 0. The maximum absolute atomic E-state index is 12.2. The van der Waals surface area contributed by atoms with Gasteiger partial charge < -0.3 is 15.3 Å². The first-order valence-corrected chi connectivity index (χ1v) is 6.11.